The third kappa shape index (κ3) is 3.81. The Morgan fingerprint density at radius 1 is 1.36 bits per heavy atom. The van der Waals surface area contributed by atoms with Crippen molar-refractivity contribution < 1.29 is 4.79 Å². The third-order valence-electron chi connectivity index (χ3n) is 3.48. The van der Waals surface area contributed by atoms with Crippen LogP contribution in [0.25, 0.3) is 0 Å². The molecule has 8 heteroatoms. The van der Waals surface area contributed by atoms with E-state index in [9.17, 15) is 4.79 Å². The topological polar surface area (TPSA) is 64.7 Å². The van der Waals surface area contributed by atoms with Gasteiger partial charge in [-0.2, -0.15) is 10.2 Å². The fraction of sp³-hybridized carbons (Fsp3) is 0.500. The first-order valence-corrected chi connectivity index (χ1v) is 7.82. The van der Waals surface area contributed by atoms with E-state index < -0.39 is 6.04 Å². The number of nitrogens with one attached hydrogen (secondary N) is 1. The summed E-state index contributed by atoms with van der Waals surface area (Å²) in [5.41, 5.74) is 1.59. The molecule has 0 bridgehead atoms. The maximum Gasteiger partial charge on any atom is 0.244 e. The van der Waals surface area contributed by atoms with Gasteiger partial charge in [0.15, 0.2) is 0 Å². The summed E-state index contributed by atoms with van der Waals surface area (Å²) in [6.45, 7) is 6.76. The zero-order valence-electron chi connectivity index (χ0n) is 12.8. The van der Waals surface area contributed by atoms with Crippen LogP contribution in [0.3, 0.4) is 0 Å². The number of nitrogens with zero attached hydrogens (tertiary/aromatic N) is 4. The lowest BCUT2D eigenvalue weighted by atomic mass is 10.3. The van der Waals surface area contributed by atoms with Gasteiger partial charge in [0.05, 0.1) is 27.6 Å². The molecule has 22 heavy (non-hydrogen) atoms. The maximum absolute atomic E-state index is 12.1. The molecule has 0 radical (unpaired) electrons. The molecule has 2 aromatic heterocycles. The Balaban J connectivity index is 1.79. The molecule has 2 aromatic rings. The van der Waals surface area contributed by atoms with Crippen LogP contribution in [0.15, 0.2) is 12.4 Å². The number of aromatic nitrogens is 4. The van der Waals surface area contributed by atoms with Gasteiger partial charge in [-0.05, 0) is 27.2 Å². The highest BCUT2D eigenvalue weighted by atomic mass is 35.5. The van der Waals surface area contributed by atoms with Gasteiger partial charge in [0.2, 0.25) is 5.91 Å². The minimum absolute atomic E-state index is 0.0856. The number of hydrogen-bond donors (Lipinski definition) is 1. The molecule has 120 valence electrons. The number of carbonyl (C=O) groups is 1. The number of carbonyl (C=O) groups excluding carboxylic acids is 1. The summed E-state index contributed by atoms with van der Waals surface area (Å²) in [5.74, 6) is -0.0856. The smallest absolute Gasteiger partial charge is 0.244 e. The monoisotopic (exact) mass is 343 g/mol. The van der Waals surface area contributed by atoms with Crippen LogP contribution < -0.4 is 5.32 Å². The number of rotatable bonds is 6. The Morgan fingerprint density at radius 3 is 2.64 bits per heavy atom. The van der Waals surface area contributed by atoms with Crippen LogP contribution in [0.4, 0.5) is 0 Å². The first-order valence-electron chi connectivity index (χ1n) is 7.07. The summed E-state index contributed by atoms with van der Waals surface area (Å²) in [4.78, 5) is 12.1. The number of aryl methyl sites for hydroxylation is 2. The molecule has 0 saturated carbocycles. The van der Waals surface area contributed by atoms with E-state index in [1.54, 1.807) is 28.7 Å². The molecule has 0 aliphatic heterocycles. The number of halogens is 2. The molecule has 1 unspecified atom stereocenters. The van der Waals surface area contributed by atoms with Crippen LogP contribution in [0.1, 0.15) is 30.8 Å². The van der Waals surface area contributed by atoms with E-state index >= 15 is 0 Å². The summed E-state index contributed by atoms with van der Waals surface area (Å²) >= 11 is 11.9. The van der Waals surface area contributed by atoms with E-state index in [-0.39, 0.29) is 5.91 Å². The molecule has 2 rings (SSSR count). The molecule has 2 heterocycles. The second-order valence-corrected chi connectivity index (χ2v) is 5.98. The Labute approximate surface area is 139 Å². The van der Waals surface area contributed by atoms with Crippen molar-refractivity contribution in [3.8, 4) is 0 Å². The first kappa shape index (κ1) is 16.8. The molecule has 1 N–H and O–H groups in total. The van der Waals surface area contributed by atoms with Crippen LogP contribution >= 0.6 is 23.2 Å². The summed E-state index contributed by atoms with van der Waals surface area (Å²) in [5, 5.41) is 12.5. The van der Waals surface area contributed by atoms with Gasteiger partial charge in [-0.15, -0.1) is 0 Å². The van der Waals surface area contributed by atoms with Crippen LogP contribution in [-0.2, 0) is 11.3 Å². The van der Waals surface area contributed by atoms with E-state index in [1.807, 2.05) is 13.8 Å². The van der Waals surface area contributed by atoms with Crippen LogP contribution in [0.5, 0.6) is 0 Å². The summed E-state index contributed by atoms with van der Waals surface area (Å²) < 4.78 is 3.40. The maximum atomic E-state index is 12.1. The van der Waals surface area contributed by atoms with Crippen molar-refractivity contribution in [2.45, 2.75) is 39.8 Å². The molecule has 0 aliphatic carbocycles. The predicted molar refractivity (Wildman–Crippen MR) is 86.3 cm³/mol. The molecule has 0 aromatic carbocycles. The Kier molecular flexibility index (Phi) is 5.47. The fourth-order valence-corrected chi connectivity index (χ4v) is 2.39. The molecule has 0 fully saturated rings. The van der Waals surface area contributed by atoms with Crippen LogP contribution in [0.2, 0.25) is 10.0 Å². The zero-order chi connectivity index (χ0) is 16.3. The summed E-state index contributed by atoms with van der Waals surface area (Å²) in [7, 11) is 0. The van der Waals surface area contributed by atoms with Crippen molar-refractivity contribution >= 4 is 29.1 Å². The lowest BCUT2D eigenvalue weighted by Crippen LogP contribution is -2.33. The molecule has 6 nitrogen and oxygen atoms in total. The Hall–Kier alpha value is -1.53. The van der Waals surface area contributed by atoms with E-state index in [0.29, 0.717) is 23.1 Å². The van der Waals surface area contributed by atoms with Gasteiger partial charge in [-0.25, -0.2) is 0 Å². The Bertz CT molecular complexity index is 645. The molecule has 1 amide bonds. The number of hydrogen-bond acceptors (Lipinski definition) is 3. The normalized spacial score (nSPS) is 12.4. The minimum Gasteiger partial charge on any atom is -0.354 e. The Morgan fingerprint density at radius 2 is 2.09 bits per heavy atom. The van der Waals surface area contributed by atoms with Crippen LogP contribution in [0, 0.1) is 13.8 Å². The van der Waals surface area contributed by atoms with Crippen molar-refractivity contribution in [3.63, 3.8) is 0 Å². The molecular weight excluding hydrogens is 325 g/mol. The quantitative estimate of drug-likeness (QED) is 0.820. The van der Waals surface area contributed by atoms with E-state index in [2.05, 4.69) is 15.5 Å². The summed E-state index contributed by atoms with van der Waals surface area (Å²) in [6.07, 6.45) is 4.11. The van der Waals surface area contributed by atoms with Gasteiger partial charge < -0.3 is 5.32 Å². The fourth-order valence-electron chi connectivity index (χ4n) is 2.11. The average molecular weight is 344 g/mol. The van der Waals surface area contributed by atoms with Crippen molar-refractivity contribution in [1.29, 1.82) is 0 Å². The molecular formula is C14H19Cl2N5O. The van der Waals surface area contributed by atoms with E-state index in [0.717, 1.165) is 17.8 Å². The largest absolute Gasteiger partial charge is 0.354 e. The number of amides is 1. The average Bonchev–Trinajstić information content (AvgIpc) is 2.98. The first-order chi connectivity index (χ1) is 10.4. The SMILES string of the molecule is Cc1nn(CCCNC(=O)C(C)n2ncc(Cl)c2C)cc1Cl. The molecule has 0 saturated heterocycles. The lowest BCUT2D eigenvalue weighted by molar-refractivity contribution is -0.124. The predicted octanol–water partition coefficient (Wildman–Crippen LogP) is 2.77. The van der Waals surface area contributed by atoms with Crippen LogP contribution in [-0.4, -0.2) is 32.0 Å². The lowest BCUT2D eigenvalue weighted by Gasteiger charge is -2.14. The van der Waals surface area contributed by atoms with Crippen molar-refractivity contribution in [3.05, 3.63) is 33.8 Å². The van der Waals surface area contributed by atoms with Gasteiger partial charge in [0.1, 0.15) is 6.04 Å². The van der Waals surface area contributed by atoms with Gasteiger partial charge in [-0.3, -0.25) is 14.2 Å². The minimum atomic E-state index is -0.395. The van der Waals surface area contributed by atoms with Gasteiger partial charge in [0, 0.05) is 19.3 Å². The highest BCUT2D eigenvalue weighted by molar-refractivity contribution is 6.31. The van der Waals surface area contributed by atoms with Crippen molar-refractivity contribution in [1.82, 2.24) is 24.9 Å². The van der Waals surface area contributed by atoms with Gasteiger partial charge in [0.25, 0.3) is 0 Å². The van der Waals surface area contributed by atoms with E-state index in [1.165, 1.54) is 0 Å². The van der Waals surface area contributed by atoms with Crippen molar-refractivity contribution in [2.75, 3.05) is 6.54 Å². The zero-order valence-corrected chi connectivity index (χ0v) is 14.3. The highest BCUT2D eigenvalue weighted by Gasteiger charge is 2.18. The molecule has 0 spiro atoms. The molecule has 1 atom stereocenters. The molecule has 0 aliphatic rings. The van der Waals surface area contributed by atoms with E-state index in [4.69, 9.17) is 23.2 Å². The third-order valence-corrected chi connectivity index (χ3v) is 4.22. The standard InChI is InChI=1S/C14H19Cl2N5O/c1-9-13(16)8-20(19-9)6-4-5-17-14(22)11(3)21-10(2)12(15)7-18-21/h7-8,11H,4-6H2,1-3H3,(H,17,22). The second-order valence-electron chi connectivity index (χ2n) is 5.17. The highest BCUT2D eigenvalue weighted by Crippen LogP contribution is 2.17. The second kappa shape index (κ2) is 7.15. The van der Waals surface area contributed by atoms with Crippen molar-refractivity contribution in [2.24, 2.45) is 0 Å². The van der Waals surface area contributed by atoms with Gasteiger partial charge in [-0.1, -0.05) is 23.2 Å². The van der Waals surface area contributed by atoms with Gasteiger partial charge >= 0.3 is 0 Å². The summed E-state index contributed by atoms with van der Waals surface area (Å²) in [6, 6.07) is -0.395.